The third kappa shape index (κ3) is 3.40. The second-order valence-electron chi connectivity index (χ2n) is 4.87. The minimum atomic E-state index is -3.61. The van der Waals surface area contributed by atoms with E-state index in [0.717, 1.165) is 17.1 Å². The van der Waals surface area contributed by atoms with Crippen LogP contribution >= 0.6 is 11.3 Å². The fourth-order valence-electron chi connectivity index (χ4n) is 2.03. The number of nitrogens with one attached hydrogen (secondary N) is 1. The van der Waals surface area contributed by atoms with Gasteiger partial charge in [0, 0.05) is 23.6 Å². The largest absolute Gasteiger partial charge is 0.490 e. The number of hydrogen-bond acceptors (Lipinski definition) is 6. The number of thiazole rings is 1. The van der Waals surface area contributed by atoms with E-state index in [1.165, 1.54) is 23.5 Å². The number of sulfonamides is 1. The second kappa shape index (κ2) is 6.23. The normalized spacial score (nSPS) is 14.6. The van der Waals surface area contributed by atoms with E-state index in [1.807, 2.05) is 12.3 Å². The third-order valence-electron chi connectivity index (χ3n) is 3.11. The summed E-state index contributed by atoms with van der Waals surface area (Å²) in [5, 5.41) is 2.62. The molecule has 8 heteroatoms. The molecule has 0 spiro atoms. The zero-order chi connectivity index (χ0) is 15.6. The Labute approximate surface area is 133 Å². The van der Waals surface area contributed by atoms with Gasteiger partial charge >= 0.3 is 0 Å². The molecule has 0 aliphatic carbocycles. The molecule has 1 aromatic carbocycles. The SMILES string of the molecule is Cc1csc(CNS(=O)(=O)c2ccc3c(c2)OCCCO3)n1. The third-order valence-corrected chi connectivity index (χ3v) is 5.47. The predicted molar refractivity (Wildman–Crippen MR) is 82.9 cm³/mol. The highest BCUT2D eigenvalue weighted by Crippen LogP contribution is 2.31. The lowest BCUT2D eigenvalue weighted by molar-refractivity contribution is 0.297. The number of ether oxygens (including phenoxy) is 2. The van der Waals surface area contributed by atoms with Gasteiger partial charge in [0.2, 0.25) is 10.0 Å². The van der Waals surface area contributed by atoms with Crippen LogP contribution in [0.3, 0.4) is 0 Å². The van der Waals surface area contributed by atoms with Crippen LogP contribution in [0.15, 0.2) is 28.5 Å². The smallest absolute Gasteiger partial charge is 0.241 e. The summed E-state index contributed by atoms with van der Waals surface area (Å²) in [4.78, 5) is 4.39. The number of nitrogens with zero attached hydrogens (tertiary/aromatic N) is 1. The summed E-state index contributed by atoms with van der Waals surface area (Å²) in [6.07, 6.45) is 0.776. The first kappa shape index (κ1) is 15.3. The van der Waals surface area contributed by atoms with Crippen LogP contribution in [0.4, 0.5) is 0 Å². The Bertz CT molecular complexity index is 771. The van der Waals surface area contributed by atoms with Gasteiger partial charge in [0.25, 0.3) is 0 Å². The number of aryl methyl sites for hydroxylation is 1. The summed E-state index contributed by atoms with van der Waals surface area (Å²) in [5.41, 5.74) is 0.884. The molecule has 22 heavy (non-hydrogen) atoms. The van der Waals surface area contributed by atoms with Crippen molar-refractivity contribution < 1.29 is 17.9 Å². The van der Waals surface area contributed by atoms with Crippen molar-refractivity contribution in [3.05, 3.63) is 34.3 Å². The van der Waals surface area contributed by atoms with E-state index < -0.39 is 10.0 Å². The fourth-order valence-corrected chi connectivity index (χ4v) is 3.84. The van der Waals surface area contributed by atoms with Gasteiger partial charge in [-0.2, -0.15) is 0 Å². The van der Waals surface area contributed by atoms with E-state index in [0.29, 0.717) is 24.7 Å². The summed E-state index contributed by atoms with van der Waals surface area (Å²) in [7, 11) is -3.61. The van der Waals surface area contributed by atoms with Crippen molar-refractivity contribution in [2.75, 3.05) is 13.2 Å². The Morgan fingerprint density at radius 3 is 2.77 bits per heavy atom. The molecule has 0 bridgehead atoms. The molecule has 118 valence electrons. The van der Waals surface area contributed by atoms with Crippen molar-refractivity contribution in [2.24, 2.45) is 0 Å². The van der Waals surface area contributed by atoms with Crippen LogP contribution in [0.2, 0.25) is 0 Å². The molecule has 1 N–H and O–H groups in total. The quantitative estimate of drug-likeness (QED) is 0.922. The molecule has 0 amide bonds. The Kier molecular flexibility index (Phi) is 4.32. The van der Waals surface area contributed by atoms with Crippen LogP contribution in [0.5, 0.6) is 11.5 Å². The van der Waals surface area contributed by atoms with Crippen LogP contribution in [0.1, 0.15) is 17.1 Å². The van der Waals surface area contributed by atoms with E-state index in [1.54, 1.807) is 6.07 Å². The monoisotopic (exact) mass is 340 g/mol. The summed E-state index contributed by atoms with van der Waals surface area (Å²) in [5.74, 6) is 1.04. The molecule has 0 fully saturated rings. The minimum Gasteiger partial charge on any atom is -0.490 e. The van der Waals surface area contributed by atoms with Gasteiger partial charge in [-0.05, 0) is 19.1 Å². The molecule has 2 aromatic rings. The van der Waals surface area contributed by atoms with Crippen molar-refractivity contribution in [1.29, 1.82) is 0 Å². The van der Waals surface area contributed by atoms with Crippen molar-refractivity contribution >= 4 is 21.4 Å². The van der Waals surface area contributed by atoms with E-state index in [9.17, 15) is 8.42 Å². The number of fused-ring (bicyclic) bond motifs is 1. The van der Waals surface area contributed by atoms with Gasteiger partial charge in [0.1, 0.15) is 5.01 Å². The molecule has 1 aliphatic rings. The Hall–Kier alpha value is -1.64. The predicted octanol–water partition coefficient (Wildman–Crippen LogP) is 2.09. The molecule has 0 saturated carbocycles. The van der Waals surface area contributed by atoms with E-state index >= 15 is 0 Å². The van der Waals surface area contributed by atoms with Gasteiger partial charge in [-0.3, -0.25) is 0 Å². The molecular formula is C14H16N2O4S2. The maximum absolute atomic E-state index is 12.4. The van der Waals surface area contributed by atoms with Crippen LogP contribution in [0, 0.1) is 6.92 Å². The van der Waals surface area contributed by atoms with Gasteiger partial charge in [-0.25, -0.2) is 18.1 Å². The number of aromatic nitrogens is 1. The molecule has 0 unspecified atom stereocenters. The Morgan fingerprint density at radius 1 is 1.27 bits per heavy atom. The van der Waals surface area contributed by atoms with Crippen LogP contribution in [-0.4, -0.2) is 26.6 Å². The zero-order valence-electron chi connectivity index (χ0n) is 12.0. The first-order valence-corrected chi connectivity index (χ1v) is 9.21. The number of hydrogen-bond donors (Lipinski definition) is 1. The van der Waals surface area contributed by atoms with Crippen LogP contribution in [-0.2, 0) is 16.6 Å². The van der Waals surface area contributed by atoms with Gasteiger partial charge in [0.15, 0.2) is 11.5 Å². The average Bonchev–Trinajstić information content (AvgIpc) is 2.78. The van der Waals surface area contributed by atoms with Crippen molar-refractivity contribution in [2.45, 2.75) is 24.8 Å². The van der Waals surface area contributed by atoms with Gasteiger partial charge in [-0.1, -0.05) is 0 Å². The number of benzene rings is 1. The zero-order valence-corrected chi connectivity index (χ0v) is 13.7. The lowest BCUT2D eigenvalue weighted by Gasteiger charge is -2.10. The molecule has 1 aliphatic heterocycles. The van der Waals surface area contributed by atoms with E-state index in [2.05, 4.69) is 9.71 Å². The molecule has 3 rings (SSSR count). The second-order valence-corrected chi connectivity index (χ2v) is 7.58. The standard InChI is InChI=1S/C14H16N2O4S2/c1-10-9-21-14(16-10)8-15-22(17,18)11-3-4-12-13(7-11)20-6-2-5-19-12/h3-4,7,9,15H,2,5-6,8H2,1H3. The van der Waals surface area contributed by atoms with Gasteiger partial charge in [-0.15, -0.1) is 11.3 Å². The molecule has 1 aromatic heterocycles. The van der Waals surface area contributed by atoms with Gasteiger partial charge in [0.05, 0.1) is 24.7 Å². The topological polar surface area (TPSA) is 77.5 Å². The van der Waals surface area contributed by atoms with E-state index in [4.69, 9.17) is 9.47 Å². The van der Waals surface area contributed by atoms with Crippen LogP contribution in [0.25, 0.3) is 0 Å². The highest BCUT2D eigenvalue weighted by Gasteiger charge is 2.19. The maximum Gasteiger partial charge on any atom is 0.241 e. The molecule has 6 nitrogen and oxygen atoms in total. The molecule has 0 radical (unpaired) electrons. The highest BCUT2D eigenvalue weighted by atomic mass is 32.2. The first-order valence-electron chi connectivity index (χ1n) is 6.85. The highest BCUT2D eigenvalue weighted by molar-refractivity contribution is 7.89. The number of rotatable bonds is 4. The lowest BCUT2D eigenvalue weighted by Crippen LogP contribution is -2.23. The first-order chi connectivity index (χ1) is 10.5. The average molecular weight is 340 g/mol. The van der Waals surface area contributed by atoms with Crippen molar-refractivity contribution in [1.82, 2.24) is 9.71 Å². The summed E-state index contributed by atoms with van der Waals surface area (Å²) in [6, 6.07) is 4.64. The summed E-state index contributed by atoms with van der Waals surface area (Å²) >= 11 is 1.43. The summed E-state index contributed by atoms with van der Waals surface area (Å²) in [6.45, 7) is 3.14. The summed E-state index contributed by atoms with van der Waals surface area (Å²) < 4.78 is 38.3. The minimum absolute atomic E-state index is 0.157. The maximum atomic E-state index is 12.4. The molecule has 0 saturated heterocycles. The fraction of sp³-hybridized carbons (Fsp3) is 0.357. The lowest BCUT2D eigenvalue weighted by atomic mass is 10.3. The Morgan fingerprint density at radius 2 is 2.05 bits per heavy atom. The van der Waals surface area contributed by atoms with Crippen molar-refractivity contribution in [3.8, 4) is 11.5 Å². The molecule has 2 heterocycles. The van der Waals surface area contributed by atoms with Crippen LogP contribution < -0.4 is 14.2 Å². The van der Waals surface area contributed by atoms with Gasteiger partial charge < -0.3 is 9.47 Å². The Balaban J connectivity index is 1.78. The molecular weight excluding hydrogens is 324 g/mol. The molecule has 0 atom stereocenters. The van der Waals surface area contributed by atoms with Crippen molar-refractivity contribution in [3.63, 3.8) is 0 Å². The van der Waals surface area contributed by atoms with E-state index in [-0.39, 0.29) is 11.4 Å².